The van der Waals surface area contributed by atoms with Gasteiger partial charge in [-0.3, -0.25) is 10.1 Å². The van der Waals surface area contributed by atoms with E-state index in [-0.39, 0.29) is 30.1 Å². The Kier molecular flexibility index (Phi) is 4.67. The molecule has 1 unspecified atom stereocenters. The SMILES string of the molecule is COCC1Cc2c(C(=O)Nc3nnnn3C)ccc(C(F)(F)F)c2S1(=O)=O. The Balaban J connectivity index is 2.13. The number of aryl methyl sites for hydroxylation is 1. The Labute approximate surface area is 151 Å². The highest BCUT2D eigenvalue weighted by Gasteiger charge is 2.47. The zero-order chi connectivity index (χ0) is 20.0. The second-order valence-electron chi connectivity index (χ2n) is 5.87. The lowest BCUT2D eigenvalue weighted by atomic mass is 9.99. The lowest BCUT2D eigenvalue weighted by Gasteiger charge is -2.14. The molecule has 0 spiro atoms. The summed E-state index contributed by atoms with van der Waals surface area (Å²) in [6.07, 6.45) is -5.16. The maximum Gasteiger partial charge on any atom is 0.417 e. The van der Waals surface area contributed by atoms with Crippen molar-refractivity contribution in [1.29, 1.82) is 0 Å². The predicted molar refractivity (Wildman–Crippen MR) is 84.7 cm³/mol. The van der Waals surface area contributed by atoms with Gasteiger partial charge in [-0.1, -0.05) is 5.10 Å². The Morgan fingerprint density at radius 1 is 1.41 bits per heavy atom. The number of alkyl halides is 3. The lowest BCUT2D eigenvalue weighted by Crippen LogP contribution is -2.23. The van der Waals surface area contributed by atoms with E-state index in [1.54, 1.807) is 0 Å². The van der Waals surface area contributed by atoms with Crippen molar-refractivity contribution in [3.63, 3.8) is 0 Å². The molecule has 2 aromatic rings. The zero-order valence-electron chi connectivity index (χ0n) is 14.1. The van der Waals surface area contributed by atoms with Crippen molar-refractivity contribution in [3.8, 4) is 0 Å². The normalized spacial score (nSPS) is 18.3. The molecule has 9 nitrogen and oxygen atoms in total. The number of methoxy groups -OCH3 is 1. The van der Waals surface area contributed by atoms with Crippen LogP contribution < -0.4 is 5.32 Å². The molecule has 1 N–H and O–H groups in total. The number of amides is 1. The van der Waals surface area contributed by atoms with E-state index in [1.807, 2.05) is 0 Å². The zero-order valence-corrected chi connectivity index (χ0v) is 14.9. The van der Waals surface area contributed by atoms with Crippen LogP contribution in [0.3, 0.4) is 0 Å². The smallest absolute Gasteiger partial charge is 0.383 e. The van der Waals surface area contributed by atoms with Crippen molar-refractivity contribution in [2.45, 2.75) is 22.7 Å². The fourth-order valence-electron chi connectivity index (χ4n) is 2.93. The maximum absolute atomic E-state index is 13.4. The summed E-state index contributed by atoms with van der Waals surface area (Å²) in [5.74, 6) is -0.853. The second kappa shape index (κ2) is 6.56. The van der Waals surface area contributed by atoms with Crippen LogP contribution >= 0.6 is 0 Å². The van der Waals surface area contributed by atoms with Crippen molar-refractivity contribution in [2.75, 3.05) is 19.0 Å². The molecule has 0 radical (unpaired) electrons. The fraction of sp³-hybridized carbons (Fsp3) is 0.429. The van der Waals surface area contributed by atoms with Crippen LogP contribution in [-0.4, -0.2) is 53.5 Å². The molecule has 3 rings (SSSR count). The summed E-state index contributed by atoms with van der Waals surface area (Å²) < 4.78 is 71.3. The van der Waals surface area contributed by atoms with Crippen molar-refractivity contribution in [1.82, 2.24) is 20.2 Å². The summed E-state index contributed by atoms with van der Waals surface area (Å²) in [6, 6.07) is 1.54. The van der Waals surface area contributed by atoms with Gasteiger partial charge in [-0.05, 0) is 34.5 Å². The summed E-state index contributed by atoms with van der Waals surface area (Å²) in [5, 5.41) is 11.6. The molecule has 1 aliphatic rings. The van der Waals surface area contributed by atoms with E-state index in [1.165, 1.54) is 14.2 Å². The van der Waals surface area contributed by atoms with Crippen molar-refractivity contribution >= 4 is 21.7 Å². The third kappa shape index (κ3) is 3.27. The number of halogens is 3. The lowest BCUT2D eigenvalue weighted by molar-refractivity contribution is -0.139. The molecule has 1 amide bonds. The summed E-state index contributed by atoms with van der Waals surface area (Å²) in [7, 11) is -1.62. The number of rotatable bonds is 4. The molecule has 27 heavy (non-hydrogen) atoms. The Hall–Kier alpha value is -2.54. The van der Waals surface area contributed by atoms with Crippen LogP contribution in [0.15, 0.2) is 17.0 Å². The molecule has 0 fully saturated rings. The van der Waals surface area contributed by atoms with Crippen LogP contribution in [0.1, 0.15) is 21.5 Å². The number of hydrogen-bond acceptors (Lipinski definition) is 7. The van der Waals surface area contributed by atoms with E-state index in [0.717, 1.165) is 10.7 Å². The van der Waals surface area contributed by atoms with Gasteiger partial charge in [-0.2, -0.15) is 13.2 Å². The number of nitrogens with zero attached hydrogens (tertiary/aromatic N) is 4. The van der Waals surface area contributed by atoms with Crippen LogP contribution in [0, 0.1) is 0 Å². The Morgan fingerprint density at radius 2 is 2.11 bits per heavy atom. The minimum absolute atomic E-state index is 0.0389. The van der Waals surface area contributed by atoms with Gasteiger partial charge in [0, 0.05) is 19.7 Å². The van der Waals surface area contributed by atoms with Gasteiger partial charge in [0.1, 0.15) is 0 Å². The average Bonchev–Trinajstić information content (AvgIpc) is 3.08. The van der Waals surface area contributed by atoms with E-state index in [4.69, 9.17) is 4.74 Å². The molecule has 0 aliphatic carbocycles. The Bertz CT molecular complexity index is 1000. The van der Waals surface area contributed by atoms with Gasteiger partial charge < -0.3 is 4.74 Å². The highest BCUT2D eigenvalue weighted by atomic mass is 32.2. The third-order valence-corrected chi connectivity index (χ3v) is 6.38. The monoisotopic (exact) mass is 405 g/mol. The molecule has 146 valence electrons. The number of anilines is 1. The summed E-state index contributed by atoms with van der Waals surface area (Å²) >= 11 is 0. The van der Waals surface area contributed by atoms with Gasteiger partial charge in [-0.15, -0.1) is 0 Å². The molecule has 1 aromatic heterocycles. The van der Waals surface area contributed by atoms with Crippen LogP contribution in [0.4, 0.5) is 19.1 Å². The molecule has 1 aromatic carbocycles. The molecule has 13 heteroatoms. The van der Waals surface area contributed by atoms with E-state index in [9.17, 15) is 26.4 Å². The van der Waals surface area contributed by atoms with Gasteiger partial charge in [-0.25, -0.2) is 13.1 Å². The van der Waals surface area contributed by atoms with E-state index in [0.29, 0.717) is 6.07 Å². The Morgan fingerprint density at radius 3 is 2.67 bits per heavy atom. The number of nitrogens with one attached hydrogen (secondary N) is 1. The number of sulfone groups is 1. The number of benzene rings is 1. The minimum atomic E-state index is -4.89. The van der Waals surface area contributed by atoms with Crippen LogP contribution in [0.2, 0.25) is 0 Å². The number of carbonyl (C=O) groups is 1. The van der Waals surface area contributed by atoms with Gasteiger partial charge in [0.15, 0.2) is 9.84 Å². The number of aromatic nitrogens is 4. The molecule has 0 saturated heterocycles. The number of fused-ring (bicyclic) bond motifs is 1. The van der Waals surface area contributed by atoms with Crippen molar-refractivity contribution < 1.29 is 31.1 Å². The molecule has 1 aliphatic heterocycles. The molecule has 1 atom stereocenters. The predicted octanol–water partition coefficient (Wildman–Crippen LogP) is 0.826. The first-order valence-electron chi connectivity index (χ1n) is 7.57. The first kappa shape index (κ1) is 19.2. The highest BCUT2D eigenvalue weighted by Crippen LogP contribution is 2.43. The fourth-order valence-corrected chi connectivity index (χ4v) is 5.00. The van der Waals surface area contributed by atoms with E-state index < -0.39 is 37.6 Å². The van der Waals surface area contributed by atoms with Crippen LogP contribution in [0.25, 0.3) is 0 Å². The van der Waals surface area contributed by atoms with Gasteiger partial charge >= 0.3 is 6.18 Å². The van der Waals surface area contributed by atoms with Gasteiger partial charge in [0.05, 0.1) is 22.3 Å². The molecule has 2 heterocycles. The number of tetrazole rings is 1. The third-order valence-electron chi connectivity index (χ3n) is 4.16. The molecule has 0 saturated carbocycles. The number of hydrogen-bond donors (Lipinski definition) is 1. The number of ether oxygens (including phenoxy) is 1. The molecular weight excluding hydrogens is 391 g/mol. The molecular formula is C14H14F3N5O4S. The van der Waals surface area contributed by atoms with E-state index in [2.05, 4.69) is 20.8 Å². The summed E-state index contributed by atoms with van der Waals surface area (Å²) in [6.45, 7) is -0.289. The quantitative estimate of drug-likeness (QED) is 0.801. The van der Waals surface area contributed by atoms with Gasteiger partial charge in [0.2, 0.25) is 5.95 Å². The number of carbonyl (C=O) groups excluding carboxylic acids is 1. The topological polar surface area (TPSA) is 116 Å². The largest absolute Gasteiger partial charge is 0.417 e. The summed E-state index contributed by atoms with van der Waals surface area (Å²) in [4.78, 5) is 11.7. The first-order valence-corrected chi connectivity index (χ1v) is 9.11. The van der Waals surface area contributed by atoms with Gasteiger partial charge in [0.25, 0.3) is 5.91 Å². The maximum atomic E-state index is 13.4. The van der Waals surface area contributed by atoms with Crippen molar-refractivity contribution in [2.24, 2.45) is 7.05 Å². The molecule has 0 bridgehead atoms. The van der Waals surface area contributed by atoms with E-state index >= 15 is 0 Å². The second-order valence-corrected chi connectivity index (χ2v) is 8.04. The van der Waals surface area contributed by atoms with Crippen molar-refractivity contribution in [3.05, 3.63) is 28.8 Å². The summed E-state index contributed by atoms with van der Waals surface area (Å²) in [5.41, 5.74) is -1.68. The van der Waals surface area contributed by atoms with Crippen LogP contribution in [-0.2, 0) is 34.2 Å². The first-order chi connectivity index (χ1) is 12.6. The standard InChI is InChI=1S/C14H14F3N5O4S/c1-22-13(19-20-21-22)18-12(23)8-3-4-10(14(15,16)17)11-9(8)5-7(6-26-2)27(11,24)25/h3-4,7H,5-6H2,1-2H3,(H,18,19,21,23). The minimum Gasteiger partial charge on any atom is -0.383 e. The highest BCUT2D eigenvalue weighted by molar-refractivity contribution is 7.92. The van der Waals surface area contributed by atoms with Crippen LogP contribution in [0.5, 0.6) is 0 Å². The average molecular weight is 405 g/mol.